The summed E-state index contributed by atoms with van der Waals surface area (Å²) in [5.74, 6) is 0.128. The lowest BCUT2D eigenvalue weighted by Gasteiger charge is -2.07. The van der Waals surface area contributed by atoms with Gasteiger partial charge in [-0.3, -0.25) is 9.59 Å². The van der Waals surface area contributed by atoms with E-state index in [1.807, 2.05) is 54.8 Å². The van der Waals surface area contributed by atoms with Crippen molar-refractivity contribution in [2.45, 2.75) is 25.0 Å². The van der Waals surface area contributed by atoms with Crippen LogP contribution in [0.3, 0.4) is 0 Å². The summed E-state index contributed by atoms with van der Waals surface area (Å²) in [4.78, 5) is 32.7. The van der Waals surface area contributed by atoms with E-state index in [4.69, 9.17) is 0 Å². The first-order valence-electron chi connectivity index (χ1n) is 8.17. The fourth-order valence-electron chi connectivity index (χ4n) is 2.44. The quantitative estimate of drug-likeness (QED) is 0.484. The van der Waals surface area contributed by atoms with Crippen molar-refractivity contribution in [1.29, 1.82) is 0 Å². The first kappa shape index (κ1) is 18.4. The number of nitrogens with one attached hydrogen (secondary N) is 2. The number of aromatic amines is 1. The second-order valence-electron chi connectivity index (χ2n) is 5.74. The summed E-state index contributed by atoms with van der Waals surface area (Å²) in [5, 5.41) is 5.30. The van der Waals surface area contributed by atoms with E-state index in [-0.39, 0.29) is 17.2 Å². The molecular weight excluding hydrogens is 366 g/mol. The number of benzene rings is 1. The summed E-state index contributed by atoms with van der Waals surface area (Å²) >= 11 is 2.84. The van der Waals surface area contributed by atoms with E-state index >= 15 is 0 Å². The van der Waals surface area contributed by atoms with Gasteiger partial charge in [0.05, 0.1) is 12.3 Å². The van der Waals surface area contributed by atoms with Gasteiger partial charge in [0, 0.05) is 22.6 Å². The molecule has 0 bridgehead atoms. The Kier molecular flexibility index (Phi) is 6.25. The van der Waals surface area contributed by atoms with Gasteiger partial charge in [-0.1, -0.05) is 48.2 Å². The average molecular weight is 386 g/mol. The Bertz CT molecular complexity index is 922. The van der Waals surface area contributed by atoms with Crippen LogP contribution in [0.4, 0.5) is 0 Å². The molecule has 0 aliphatic rings. The molecule has 3 aromatic rings. The van der Waals surface area contributed by atoms with E-state index < -0.39 is 0 Å². The van der Waals surface area contributed by atoms with E-state index in [1.54, 1.807) is 11.3 Å². The third-order valence-corrected chi connectivity index (χ3v) is 5.55. The topological polar surface area (TPSA) is 74.8 Å². The number of carbonyl (C=O) groups is 1. The smallest absolute Gasteiger partial charge is 0.255 e. The van der Waals surface area contributed by atoms with E-state index in [0.29, 0.717) is 29.4 Å². The third-order valence-electron chi connectivity index (χ3n) is 3.80. The molecule has 1 amide bonds. The molecule has 2 N–H and O–H groups in total. The normalized spacial score (nSPS) is 10.7. The first-order chi connectivity index (χ1) is 12.6. The van der Waals surface area contributed by atoms with Gasteiger partial charge in [0.2, 0.25) is 5.91 Å². The van der Waals surface area contributed by atoms with Crippen LogP contribution in [0.2, 0.25) is 0 Å². The monoisotopic (exact) mass is 385 g/mol. The Morgan fingerprint density at radius 3 is 2.73 bits per heavy atom. The van der Waals surface area contributed by atoms with E-state index in [1.165, 1.54) is 11.8 Å². The fraction of sp³-hybridized carbons (Fsp3) is 0.211. The molecule has 5 nitrogen and oxygen atoms in total. The lowest BCUT2D eigenvalue weighted by atomic mass is 10.1. The molecule has 0 radical (unpaired) electrons. The second kappa shape index (κ2) is 8.82. The molecule has 0 aliphatic heterocycles. The summed E-state index contributed by atoms with van der Waals surface area (Å²) in [5.41, 5.74) is 2.26. The van der Waals surface area contributed by atoms with Crippen LogP contribution in [0.1, 0.15) is 21.7 Å². The van der Waals surface area contributed by atoms with Crippen molar-refractivity contribution >= 4 is 29.0 Å². The molecule has 0 unspecified atom stereocenters. The lowest BCUT2D eigenvalue weighted by Crippen LogP contribution is -2.24. The van der Waals surface area contributed by atoms with Gasteiger partial charge in [-0.05, 0) is 23.9 Å². The summed E-state index contributed by atoms with van der Waals surface area (Å²) in [7, 11) is 0. The van der Waals surface area contributed by atoms with Crippen LogP contribution in [0, 0.1) is 6.92 Å². The van der Waals surface area contributed by atoms with Crippen LogP contribution >= 0.6 is 23.1 Å². The number of aryl methyl sites for hydroxylation is 1. The van der Waals surface area contributed by atoms with Crippen molar-refractivity contribution in [3.05, 3.63) is 79.9 Å². The molecule has 0 fully saturated rings. The van der Waals surface area contributed by atoms with Gasteiger partial charge < -0.3 is 10.3 Å². The highest BCUT2D eigenvalue weighted by Gasteiger charge is 2.11. The molecule has 0 aliphatic carbocycles. The van der Waals surface area contributed by atoms with Gasteiger partial charge in [-0.15, -0.1) is 11.3 Å². The van der Waals surface area contributed by atoms with Crippen LogP contribution in [0.15, 0.2) is 57.8 Å². The molecule has 1 aromatic carbocycles. The Morgan fingerprint density at radius 1 is 1.23 bits per heavy atom. The minimum atomic E-state index is -0.150. The molecule has 26 heavy (non-hydrogen) atoms. The van der Waals surface area contributed by atoms with Gasteiger partial charge in [-0.25, -0.2) is 4.98 Å². The highest BCUT2D eigenvalue weighted by Crippen LogP contribution is 2.15. The van der Waals surface area contributed by atoms with Gasteiger partial charge in [-0.2, -0.15) is 0 Å². The fourth-order valence-corrected chi connectivity index (χ4v) is 3.83. The predicted octanol–water partition coefficient (Wildman–Crippen LogP) is 3.14. The van der Waals surface area contributed by atoms with Crippen LogP contribution in [-0.2, 0) is 17.8 Å². The zero-order valence-corrected chi connectivity index (χ0v) is 16.0. The molecule has 3 rings (SSSR count). The number of rotatable bonds is 7. The molecule has 0 spiro atoms. The standard InChI is InChI=1S/C19H19N3O2S2/c1-13-16(10-14-6-3-2-4-7-14)18(24)22-19(21-13)26-12-17(23)20-11-15-8-5-9-25-15/h2-9H,10-12H2,1H3,(H,20,23)(H,21,22,24). The van der Waals surface area contributed by atoms with Gasteiger partial charge in [0.25, 0.3) is 5.56 Å². The van der Waals surface area contributed by atoms with Crippen molar-refractivity contribution < 1.29 is 4.79 Å². The van der Waals surface area contributed by atoms with Gasteiger partial charge in [0.1, 0.15) is 0 Å². The zero-order valence-electron chi connectivity index (χ0n) is 14.3. The maximum Gasteiger partial charge on any atom is 0.255 e. The van der Waals surface area contributed by atoms with Crippen molar-refractivity contribution in [3.63, 3.8) is 0 Å². The zero-order chi connectivity index (χ0) is 18.4. The van der Waals surface area contributed by atoms with E-state index in [2.05, 4.69) is 15.3 Å². The van der Waals surface area contributed by atoms with E-state index in [9.17, 15) is 9.59 Å². The molecule has 0 saturated heterocycles. The molecule has 134 valence electrons. The van der Waals surface area contributed by atoms with Gasteiger partial charge in [0.15, 0.2) is 5.16 Å². The maximum absolute atomic E-state index is 12.4. The number of nitrogens with zero attached hydrogens (tertiary/aromatic N) is 1. The van der Waals surface area contributed by atoms with E-state index in [0.717, 1.165) is 10.4 Å². The van der Waals surface area contributed by atoms with Crippen molar-refractivity contribution in [2.75, 3.05) is 5.75 Å². The molecular formula is C19H19N3O2S2. The summed E-state index contributed by atoms with van der Waals surface area (Å²) in [6.07, 6.45) is 0.543. The van der Waals surface area contributed by atoms with Crippen molar-refractivity contribution in [2.24, 2.45) is 0 Å². The number of thiophene rings is 1. The van der Waals surface area contributed by atoms with Crippen LogP contribution in [0.25, 0.3) is 0 Å². The Hall–Kier alpha value is -2.38. The first-order valence-corrected chi connectivity index (χ1v) is 10.0. The van der Waals surface area contributed by atoms with Crippen LogP contribution in [0.5, 0.6) is 0 Å². The largest absolute Gasteiger partial charge is 0.350 e. The van der Waals surface area contributed by atoms with Crippen molar-refractivity contribution in [1.82, 2.24) is 15.3 Å². The highest BCUT2D eigenvalue weighted by atomic mass is 32.2. The number of hydrogen-bond donors (Lipinski definition) is 2. The number of thioether (sulfide) groups is 1. The number of carbonyl (C=O) groups excluding carboxylic acids is 1. The number of hydrogen-bond acceptors (Lipinski definition) is 5. The van der Waals surface area contributed by atoms with Gasteiger partial charge >= 0.3 is 0 Å². The SMILES string of the molecule is Cc1nc(SCC(=O)NCc2cccs2)[nH]c(=O)c1Cc1ccccc1. The minimum absolute atomic E-state index is 0.0861. The van der Waals surface area contributed by atoms with Crippen LogP contribution < -0.4 is 10.9 Å². The third kappa shape index (κ3) is 5.06. The highest BCUT2D eigenvalue weighted by molar-refractivity contribution is 7.99. The number of H-pyrrole nitrogens is 1. The Balaban J connectivity index is 1.59. The summed E-state index contributed by atoms with van der Waals surface area (Å²) in [6.45, 7) is 2.35. The average Bonchev–Trinajstić information content (AvgIpc) is 3.16. The minimum Gasteiger partial charge on any atom is -0.350 e. The number of aromatic nitrogens is 2. The number of amides is 1. The summed E-state index contributed by atoms with van der Waals surface area (Å²) < 4.78 is 0. The molecule has 2 aromatic heterocycles. The lowest BCUT2D eigenvalue weighted by molar-refractivity contribution is -0.118. The Labute approximate surface area is 159 Å². The Morgan fingerprint density at radius 2 is 2.04 bits per heavy atom. The molecule has 0 saturated carbocycles. The molecule has 2 heterocycles. The van der Waals surface area contributed by atoms with Crippen molar-refractivity contribution in [3.8, 4) is 0 Å². The molecule has 7 heteroatoms. The molecule has 0 atom stereocenters. The predicted molar refractivity (Wildman–Crippen MR) is 106 cm³/mol. The maximum atomic E-state index is 12.4. The van der Waals surface area contributed by atoms with Crippen LogP contribution in [-0.4, -0.2) is 21.6 Å². The summed E-state index contributed by atoms with van der Waals surface area (Å²) in [6, 6.07) is 13.7. The second-order valence-corrected chi connectivity index (χ2v) is 7.74.